The van der Waals surface area contributed by atoms with Gasteiger partial charge < -0.3 is 10.4 Å². The van der Waals surface area contributed by atoms with E-state index in [-0.39, 0.29) is 5.91 Å². The monoisotopic (exact) mass is 330 g/mol. The molecule has 1 saturated carbocycles. The van der Waals surface area contributed by atoms with Gasteiger partial charge in [0.1, 0.15) is 15.4 Å². The Kier molecular flexibility index (Phi) is 4.43. The first kappa shape index (κ1) is 15.7. The van der Waals surface area contributed by atoms with E-state index in [4.69, 9.17) is 0 Å². The third-order valence-corrected chi connectivity index (χ3v) is 5.26. The van der Waals surface area contributed by atoms with Crippen molar-refractivity contribution in [2.75, 3.05) is 0 Å². The van der Waals surface area contributed by atoms with Crippen LogP contribution in [0.1, 0.15) is 41.8 Å². The van der Waals surface area contributed by atoms with Crippen LogP contribution in [0.15, 0.2) is 36.5 Å². The van der Waals surface area contributed by atoms with Crippen LogP contribution in [0.3, 0.4) is 0 Å². The smallest absolute Gasteiger partial charge is 0.329 e. The Morgan fingerprint density at radius 3 is 2.48 bits per heavy atom. The Bertz CT molecular complexity index is 706. The highest BCUT2D eigenvalue weighted by molar-refractivity contribution is 7.16. The molecule has 2 aromatic rings. The summed E-state index contributed by atoms with van der Waals surface area (Å²) in [5.41, 5.74) is -0.186. The molecule has 1 amide bonds. The number of benzene rings is 1. The van der Waals surface area contributed by atoms with Gasteiger partial charge in [0.2, 0.25) is 0 Å². The van der Waals surface area contributed by atoms with Gasteiger partial charge in [0.15, 0.2) is 0 Å². The fraction of sp³-hybridized carbons (Fsp3) is 0.353. The molecule has 6 heteroatoms. The standard InChI is InChI=1S/C17H18N2O3S/c20-14(19-17(16(21)22)9-5-2-6-10-17)13-11-18-15(23-13)12-7-3-1-4-8-12/h1,3-4,7-8,11H,2,5-6,9-10H2,(H,19,20)(H,21,22). The van der Waals surface area contributed by atoms with Gasteiger partial charge in [-0.1, -0.05) is 49.6 Å². The van der Waals surface area contributed by atoms with E-state index >= 15 is 0 Å². The zero-order valence-corrected chi connectivity index (χ0v) is 13.4. The maximum atomic E-state index is 12.5. The molecular weight excluding hydrogens is 312 g/mol. The van der Waals surface area contributed by atoms with Crippen LogP contribution in [0, 0.1) is 0 Å². The Morgan fingerprint density at radius 1 is 1.13 bits per heavy atom. The molecule has 1 aromatic heterocycles. The lowest BCUT2D eigenvalue weighted by molar-refractivity contribution is -0.145. The van der Waals surface area contributed by atoms with E-state index in [0.717, 1.165) is 29.8 Å². The highest BCUT2D eigenvalue weighted by Gasteiger charge is 2.41. The number of thiazole rings is 1. The van der Waals surface area contributed by atoms with Crippen LogP contribution in [0.4, 0.5) is 0 Å². The first-order valence-corrected chi connectivity index (χ1v) is 8.49. The molecule has 0 bridgehead atoms. The minimum absolute atomic E-state index is 0.353. The summed E-state index contributed by atoms with van der Waals surface area (Å²) < 4.78 is 0. The number of amides is 1. The van der Waals surface area contributed by atoms with Crippen molar-refractivity contribution in [2.45, 2.75) is 37.6 Å². The lowest BCUT2D eigenvalue weighted by Gasteiger charge is -2.33. The molecule has 0 unspecified atom stereocenters. The molecule has 1 aliphatic carbocycles. The number of nitrogens with zero attached hydrogens (tertiary/aromatic N) is 1. The van der Waals surface area contributed by atoms with Crippen LogP contribution in [0.2, 0.25) is 0 Å². The van der Waals surface area contributed by atoms with Crippen LogP contribution >= 0.6 is 11.3 Å². The summed E-state index contributed by atoms with van der Waals surface area (Å²) >= 11 is 1.28. The number of aromatic nitrogens is 1. The second-order valence-electron chi connectivity index (χ2n) is 5.80. The fourth-order valence-corrected chi connectivity index (χ4v) is 3.74. The van der Waals surface area contributed by atoms with Gasteiger partial charge in [-0.15, -0.1) is 11.3 Å². The Hall–Kier alpha value is -2.21. The molecule has 2 N–H and O–H groups in total. The minimum atomic E-state index is -1.13. The fourth-order valence-electron chi connectivity index (χ4n) is 2.92. The predicted molar refractivity (Wildman–Crippen MR) is 88.5 cm³/mol. The molecule has 0 radical (unpaired) electrons. The summed E-state index contributed by atoms with van der Waals surface area (Å²) in [5.74, 6) is -1.30. The Balaban J connectivity index is 1.78. The summed E-state index contributed by atoms with van der Waals surface area (Å²) in [6, 6.07) is 9.61. The first-order valence-electron chi connectivity index (χ1n) is 7.68. The van der Waals surface area contributed by atoms with Gasteiger partial charge in [0.05, 0.1) is 6.20 Å². The number of hydrogen-bond acceptors (Lipinski definition) is 4. The summed E-state index contributed by atoms with van der Waals surface area (Å²) in [4.78, 5) is 28.8. The van der Waals surface area contributed by atoms with Crippen molar-refractivity contribution in [3.63, 3.8) is 0 Å². The van der Waals surface area contributed by atoms with Crippen LogP contribution < -0.4 is 5.32 Å². The van der Waals surface area contributed by atoms with Crippen molar-refractivity contribution in [2.24, 2.45) is 0 Å². The summed E-state index contributed by atoms with van der Waals surface area (Å²) in [5, 5.41) is 13.0. The highest BCUT2D eigenvalue weighted by Crippen LogP contribution is 2.30. The molecule has 0 spiro atoms. The van der Waals surface area contributed by atoms with E-state index in [9.17, 15) is 14.7 Å². The predicted octanol–water partition coefficient (Wildman–Crippen LogP) is 3.33. The first-order chi connectivity index (χ1) is 11.1. The van der Waals surface area contributed by atoms with Gasteiger partial charge >= 0.3 is 5.97 Å². The minimum Gasteiger partial charge on any atom is -0.480 e. The molecule has 3 rings (SSSR count). The molecule has 1 aromatic carbocycles. The average molecular weight is 330 g/mol. The molecule has 5 nitrogen and oxygen atoms in total. The van der Waals surface area contributed by atoms with Crippen molar-refractivity contribution < 1.29 is 14.7 Å². The van der Waals surface area contributed by atoms with Crippen LogP contribution in [0.5, 0.6) is 0 Å². The van der Waals surface area contributed by atoms with Crippen LogP contribution in [0.25, 0.3) is 10.6 Å². The zero-order chi connectivity index (χ0) is 16.3. The molecular formula is C17H18N2O3S. The number of carbonyl (C=O) groups is 2. The van der Waals surface area contributed by atoms with Crippen molar-refractivity contribution in [3.8, 4) is 10.6 Å². The van der Waals surface area contributed by atoms with Gasteiger partial charge in [-0.3, -0.25) is 4.79 Å². The average Bonchev–Trinajstić information content (AvgIpc) is 3.06. The van der Waals surface area contributed by atoms with E-state index in [2.05, 4.69) is 10.3 Å². The van der Waals surface area contributed by atoms with E-state index in [0.29, 0.717) is 17.7 Å². The molecule has 0 aliphatic heterocycles. The number of hydrogen-bond donors (Lipinski definition) is 2. The molecule has 1 fully saturated rings. The molecule has 23 heavy (non-hydrogen) atoms. The maximum absolute atomic E-state index is 12.5. The van der Waals surface area contributed by atoms with Gasteiger partial charge in [-0.2, -0.15) is 0 Å². The van der Waals surface area contributed by atoms with Crippen molar-refractivity contribution in [1.29, 1.82) is 0 Å². The Labute approximate surface area is 138 Å². The molecule has 1 heterocycles. The van der Waals surface area contributed by atoms with Gasteiger partial charge in [0.25, 0.3) is 5.91 Å². The molecule has 1 aliphatic rings. The summed E-state index contributed by atoms with van der Waals surface area (Å²) in [6.45, 7) is 0. The number of carboxylic acids is 1. The normalized spacial score (nSPS) is 16.7. The Morgan fingerprint density at radius 2 is 1.83 bits per heavy atom. The van der Waals surface area contributed by atoms with Crippen LogP contribution in [-0.2, 0) is 4.79 Å². The third kappa shape index (κ3) is 3.27. The third-order valence-electron chi connectivity index (χ3n) is 4.22. The van der Waals surface area contributed by atoms with E-state index in [1.165, 1.54) is 17.5 Å². The molecule has 0 saturated heterocycles. The van der Waals surface area contributed by atoms with Gasteiger partial charge in [-0.05, 0) is 12.8 Å². The topological polar surface area (TPSA) is 79.3 Å². The van der Waals surface area contributed by atoms with E-state index in [1.54, 1.807) is 0 Å². The SMILES string of the molecule is O=C(NC1(C(=O)O)CCCCC1)c1cnc(-c2ccccc2)s1. The summed E-state index contributed by atoms with van der Waals surface area (Å²) in [7, 11) is 0. The molecule has 120 valence electrons. The lowest BCUT2D eigenvalue weighted by atomic mass is 9.81. The number of aliphatic carboxylic acids is 1. The zero-order valence-electron chi connectivity index (χ0n) is 12.6. The maximum Gasteiger partial charge on any atom is 0.329 e. The van der Waals surface area contributed by atoms with Crippen molar-refractivity contribution in [3.05, 3.63) is 41.4 Å². The number of carboxylic acid groups (broad SMARTS) is 1. The highest BCUT2D eigenvalue weighted by atomic mass is 32.1. The largest absolute Gasteiger partial charge is 0.480 e. The quantitative estimate of drug-likeness (QED) is 0.901. The van der Waals surface area contributed by atoms with Gasteiger partial charge in [-0.25, -0.2) is 9.78 Å². The second-order valence-corrected chi connectivity index (χ2v) is 6.83. The van der Waals surface area contributed by atoms with Crippen molar-refractivity contribution >= 4 is 23.2 Å². The van der Waals surface area contributed by atoms with Gasteiger partial charge in [0, 0.05) is 5.56 Å². The summed E-state index contributed by atoms with van der Waals surface area (Å²) in [6.07, 6.45) is 5.15. The van der Waals surface area contributed by atoms with Crippen LogP contribution in [-0.4, -0.2) is 27.5 Å². The van der Waals surface area contributed by atoms with E-state index in [1.807, 2.05) is 30.3 Å². The number of rotatable bonds is 4. The molecule has 0 atom stereocenters. The second kappa shape index (κ2) is 6.50. The van der Waals surface area contributed by atoms with Crippen molar-refractivity contribution in [1.82, 2.24) is 10.3 Å². The number of carbonyl (C=O) groups excluding carboxylic acids is 1. The lowest BCUT2D eigenvalue weighted by Crippen LogP contribution is -2.55. The van der Waals surface area contributed by atoms with E-state index < -0.39 is 11.5 Å². The number of nitrogens with one attached hydrogen (secondary N) is 1.